The van der Waals surface area contributed by atoms with E-state index >= 15 is 0 Å². The van der Waals surface area contributed by atoms with E-state index in [4.69, 9.17) is 5.73 Å². The van der Waals surface area contributed by atoms with Crippen LogP contribution < -0.4 is 11.1 Å². The van der Waals surface area contributed by atoms with E-state index in [1.807, 2.05) is 35.9 Å². The zero-order valence-electron chi connectivity index (χ0n) is 13.5. The Morgan fingerprint density at radius 1 is 1.33 bits per heavy atom. The molecule has 0 bridgehead atoms. The molecule has 0 radical (unpaired) electrons. The van der Waals surface area contributed by atoms with Crippen LogP contribution in [0.5, 0.6) is 0 Å². The maximum Gasteiger partial charge on any atom is 0.261 e. The van der Waals surface area contributed by atoms with E-state index in [0.717, 1.165) is 27.2 Å². The summed E-state index contributed by atoms with van der Waals surface area (Å²) in [6, 6.07) is 12.1. The third kappa shape index (κ3) is 3.95. The van der Waals surface area contributed by atoms with Gasteiger partial charge in [-0.1, -0.05) is 30.3 Å². The van der Waals surface area contributed by atoms with Gasteiger partial charge in [0, 0.05) is 11.9 Å². The van der Waals surface area contributed by atoms with Crippen molar-refractivity contribution in [3.05, 3.63) is 52.5 Å². The second-order valence-corrected chi connectivity index (χ2v) is 6.49. The molecule has 1 amide bonds. The smallest absolute Gasteiger partial charge is 0.261 e. The molecule has 0 aliphatic carbocycles. The number of halogens is 1. The van der Waals surface area contributed by atoms with Crippen LogP contribution in [0.25, 0.3) is 10.2 Å². The fourth-order valence-corrected chi connectivity index (χ4v) is 3.56. The number of rotatable bonds is 6. The summed E-state index contributed by atoms with van der Waals surface area (Å²) in [4.78, 5) is 14.0. The predicted octanol–water partition coefficient (Wildman–Crippen LogP) is 2.95. The Morgan fingerprint density at radius 2 is 2.08 bits per heavy atom. The highest BCUT2D eigenvalue weighted by atomic mass is 35.5. The van der Waals surface area contributed by atoms with Gasteiger partial charge in [0.2, 0.25) is 0 Å². The van der Waals surface area contributed by atoms with Crippen molar-refractivity contribution in [1.29, 1.82) is 0 Å². The van der Waals surface area contributed by atoms with Crippen LogP contribution in [0.15, 0.2) is 36.4 Å². The number of thiophene rings is 1. The number of aryl methyl sites for hydroxylation is 1. The van der Waals surface area contributed by atoms with Crippen molar-refractivity contribution in [2.75, 3.05) is 13.1 Å². The first-order valence-corrected chi connectivity index (χ1v) is 8.50. The summed E-state index contributed by atoms with van der Waals surface area (Å²) in [5, 5.41) is 8.55. The van der Waals surface area contributed by atoms with Gasteiger partial charge in [-0.3, -0.25) is 9.48 Å². The molecule has 1 aromatic carbocycles. The number of hydrogen-bond donors (Lipinski definition) is 2. The van der Waals surface area contributed by atoms with Crippen LogP contribution in [0.2, 0.25) is 0 Å². The molecule has 0 unspecified atom stereocenters. The normalized spacial score (nSPS) is 10.6. The zero-order chi connectivity index (χ0) is 16.2. The Balaban J connectivity index is 0.00000208. The maximum atomic E-state index is 12.2. The molecule has 3 N–H and O–H groups in total. The van der Waals surface area contributed by atoms with Crippen molar-refractivity contribution < 1.29 is 4.79 Å². The average Bonchev–Trinajstić information content (AvgIpc) is 3.11. The van der Waals surface area contributed by atoms with E-state index in [2.05, 4.69) is 22.5 Å². The first-order valence-electron chi connectivity index (χ1n) is 7.68. The first-order chi connectivity index (χ1) is 11.2. The molecule has 2 aromatic heterocycles. The van der Waals surface area contributed by atoms with Gasteiger partial charge in [-0.2, -0.15) is 5.10 Å². The van der Waals surface area contributed by atoms with Crippen molar-refractivity contribution in [1.82, 2.24) is 15.1 Å². The number of fused-ring (bicyclic) bond motifs is 1. The molecule has 0 saturated heterocycles. The van der Waals surface area contributed by atoms with Gasteiger partial charge in [0.25, 0.3) is 5.91 Å². The molecule has 0 aliphatic heterocycles. The van der Waals surface area contributed by atoms with E-state index in [0.29, 0.717) is 19.6 Å². The van der Waals surface area contributed by atoms with Crippen molar-refractivity contribution >= 4 is 39.9 Å². The van der Waals surface area contributed by atoms with Crippen molar-refractivity contribution in [3.8, 4) is 0 Å². The summed E-state index contributed by atoms with van der Waals surface area (Å²) >= 11 is 1.49. The maximum absolute atomic E-state index is 12.2. The number of hydrogen-bond acceptors (Lipinski definition) is 4. The fourth-order valence-electron chi connectivity index (χ4n) is 2.48. The second kappa shape index (κ2) is 8.28. The molecule has 0 fully saturated rings. The number of amides is 1. The molecule has 2 heterocycles. The van der Waals surface area contributed by atoms with Gasteiger partial charge >= 0.3 is 0 Å². The third-order valence-electron chi connectivity index (χ3n) is 3.67. The Bertz CT molecular complexity index is 813. The van der Waals surface area contributed by atoms with Crippen LogP contribution in [-0.4, -0.2) is 28.8 Å². The fraction of sp³-hybridized carbons (Fsp3) is 0.294. The number of nitrogens with two attached hydrogens (primary N) is 1. The lowest BCUT2D eigenvalue weighted by molar-refractivity contribution is 0.0957. The topological polar surface area (TPSA) is 72.9 Å². The van der Waals surface area contributed by atoms with Gasteiger partial charge in [0.1, 0.15) is 4.83 Å². The molecule has 3 rings (SSSR count). The van der Waals surface area contributed by atoms with E-state index in [9.17, 15) is 4.79 Å². The quantitative estimate of drug-likeness (QED) is 0.660. The van der Waals surface area contributed by atoms with Gasteiger partial charge in [0.05, 0.1) is 17.1 Å². The van der Waals surface area contributed by atoms with E-state index in [1.165, 1.54) is 16.9 Å². The molecular weight excluding hydrogens is 344 g/mol. The lowest BCUT2D eigenvalue weighted by Crippen LogP contribution is -2.25. The predicted molar refractivity (Wildman–Crippen MR) is 101 cm³/mol. The molecule has 7 heteroatoms. The summed E-state index contributed by atoms with van der Waals surface area (Å²) in [5.41, 5.74) is 7.60. The first kappa shape index (κ1) is 18.4. The highest BCUT2D eigenvalue weighted by Crippen LogP contribution is 2.28. The Hall–Kier alpha value is -1.89. The zero-order valence-corrected chi connectivity index (χ0v) is 15.1. The highest BCUT2D eigenvalue weighted by molar-refractivity contribution is 7.20. The van der Waals surface area contributed by atoms with Crippen molar-refractivity contribution in [2.24, 2.45) is 5.73 Å². The van der Waals surface area contributed by atoms with Gasteiger partial charge in [-0.15, -0.1) is 23.7 Å². The average molecular weight is 365 g/mol. The summed E-state index contributed by atoms with van der Waals surface area (Å²) in [6.07, 6.45) is 0.789. The highest BCUT2D eigenvalue weighted by Gasteiger charge is 2.16. The lowest BCUT2D eigenvalue weighted by Gasteiger charge is -2.03. The molecule has 0 aliphatic rings. The number of benzene rings is 1. The van der Waals surface area contributed by atoms with E-state index < -0.39 is 0 Å². The SMILES string of the molecule is Cc1nn(Cc2ccccc2)c2sc(C(=O)NCCCN)cc12.Cl. The molecule has 0 atom stereocenters. The molecule has 0 saturated carbocycles. The van der Waals surface area contributed by atoms with E-state index in [1.54, 1.807) is 0 Å². The van der Waals surface area contributed by atoms with Crippen LogP contribution in [-0.2, 0) is 6.54 Å². The van der Waals surface area contributed by atoms with Crippen LogP contribution in [0.4, 0.5) is 0 Å². The Morgan fingerprint density at radius 3 is 2.79 bits per heavy atom. The third-order valence-corrected chi connectivity index (χ3v) is 4.82. The molecular formula is C17H21ClN4OS. The second-order valence-electron chi connectivity index (χ2n) is 5.46. The lowest BCUT2D eigenvalue weighted by atomic mass is 10.2. The standard InChI is InChI=1S/C17H20N4OS.ClH/c1-12-14-10-15(16(22)19-9-5-8-18)23-17(14)21(20-12)11-13-6-3-2-4-7-13;/h2-4,6-7,10H,5,8-9,11,18H2,1H3,(H,19,22);1H. The monoisotopic (exact) mass is 364 g/mol. The summed E-state index contributed by atoms with van der Waals surface area (Å²) in [5.74, 6) is -0.0367. The Labute approximate surface area is 151 Å². The number of nitrogens with one attached hydrogen (secondary N) is 1. The van der Waals surface area contributed by atoms with Crippen molar-refractivity contribution in [3.63, 3.8) is 0 Å². The number of carbonyl (C=O) groups excluding carboxylic acids is 1. The van der Waals surface area contributed by atoms with Crippen LogP contribution in [0, 0.1) is 6.92 Å². The van der Waals surface area contributed by atoms with Crippen molar-refractivity contribution in [2.45, 2.75) is 19.9 Å². The van der Waals surface area contributed by atoms with Gasteiger partial charge in [0.15, 0.2) is 0 Å². The number of aromatic nitrogens is 2. The Kier molecular flexibility index (Phi) is 6.36. The largest absolute Gasteiger partial charge is 0.351 e. The number of carbonyl (C=O) groups is 1. The van der Waals surface area contributed by atoms with Gasteiger partial charge in [-0.05, 0) is 31.5 Å². The summed E-state index contributed by atoms with van der Waals surface area (Å²) in [6.45, 7) is 3.88. The van der Waals surface area contributed by atoms with Gasteiger partial charge < -0.3 is 11.1 Å². The minimum absolute atomic E-state index is 0. The summed E-state index contributed by atoms with van der Waals surface area (Å²) in [7, 11) is 0. The minimum atomic E-state index is -0.0367. The number of nitrogens with zero attached hydrogens (tertiary/aromatic N) is 2. The molecule has 0 spiro atoms. The molecule has 128 valence electrons. The molecule has 24 heavy (non-hydrogen) atoms. The minimum Gasteiger partial charge on any atom is -0.351 e. The molecule has 5 nitrogen and oxygen atoms in total. The van der Waals surface area contributed by atoms with Crippen LogP contribution in [0.3, 0.4) is 0 Å². The van der Waals surface area contributed by atoms with E-state index in [-0.39, 0.29) is 18.3 Å². The van der Waals surface area contributed by atoms with Crippen LogP contribution >= 0.6 is 23.7 Å². The van der Waals surface area contributed by atoms with Gasteiger partial charge in [-0.25, -0.2) is 0 Å². The molecule has 3 aromatic rings. The summed E-state index contributed by atoms with van der Waals surface area (Å²) < 4.78 is 1.97. The van der Waals surface area contributed by atoms with Crippen LogP contribution in [0.1, 0.15) is 27.3 Å².